The van der Waals surface area contributed by atoms with Crippen LogP contribution in [-0.4, -0.2) is 8.76 Å². The minimum absolute atomic E-state index is 0.285. The second-order valence-electron chi connectivity index (χ2n) is 3.02. The number of nitrogen functional groups attached to an aromatic ring is 1. The molecule has 2 rings (SSSR count). The molecule has 0 aliphatic heterocycles. The van der Waals surface area contributed by atoms with Gasteiger partial charge in [-0.2, -0.15) is 0 Å². The highest BCUT2D eigenvalue weighted by molar-refractivity contribution is 7.74. The summed E-state index contributed by atoms with van der Waals surface area (Å²) in [6.45, 7) is 0. The van der Waals surface area contributed by atoms with Crippen molar-refractivity contribution in [2.24, 2.45) is 0 Å². The number of rotatable bonds is 2. The summed E-state index contributed by atoms with van der Waals surface area (Å²) in [5, 5.41) is 1.56. The van der Waals surface area contributed by atoms with Gasteiger partial charge in [-0.1, -0.05) is 18.2 Å². The Morgan fingerprint density at radius 2 is 2.07 bits per heavy atom. The molecule has 5 heteroatoms. The molecular weight excluding hydrogens is 214 g/mol. The number of anilines is 1. The first kappa shape index (κ1) is 9.95. The maximum absolute atomic E-state index is 10.4. The predicted molar refractivity (Wildman–Crippen MR) is 57.9 cm³/mol. The first-order valence-electron chi connectivity index (χ1n) is 4.22. The van der Waals surface area contributed by atoms with E-state index in [-0.39, 0.29) is 5.75 Å². The van der Waals surface area contributed by atoms with E-state index in [4.69, 9.17) is 5.73 Å². The molecule has 4 nitrogen and oxygen atoms in total. The third-order valence-electron chi connectivity index (χ3n) is 2.02. The maximum Gasteiger partial charge on any atom is 0.147 e. The van der Waals surface area contributed by atoms with Gasteiger partial charge < -0.3 is 14.5 Å². The molecule has 0 saturated carbocycles. The first-order chi connectivity index (χ1) is 7.16. The number of hydrogen-bond donors (Lipinski definition) is 1. The average molecular weight is 222 g/mol. The van der Waals surface area contributed by atoms with Gasteiger partial charge in [-0.3, -0.25) is 0 Å². The van der Waals surface area contributed by atoms with Crippen LogP contribution in [0.25, 0.3) is 10.8 Å². The Bertz CT molecular complexity index is 527. The van der Waals surface area contributed by atoms with Gasteiger partial charge in [0, 0.05) is 11.1 Å². The van der Waals surface area contributed by atoms with Crippen LogP contribution >= 0.6 is 0 Å². The highest BCUT2D eigenvalue weighted by Crippen LogP contribution is 2.27. The topological polar surface area (TPSA) is 75.4 Å². The van der Waals surface area contributed by atoms with Crippen molar-refractivity contribution in [3.63, 3.8) is 0 Å². The van der Waals surface area contributed by atoms with Crippen molar-refractivity contribution < 1.29 is 12.9 Å². The van der Waals surface area contributed by atoms with E-state index in [0.29, 0.717) is 11.1 Å². The molecule has 0 spiro atoms. The normalized spacial score (nSPS) is 12.6. The van der Waals surface area contributed by atoms with Crippen LogP contribution in [0, 0.1) is 0 Å². The molecule has 2 N–H and O–H groups in total. The Morgan fingerprint density at radius 1 is 1.27 bits per heavy atom. The Balaban J connectivity index is 2.63. The molecule has 78 valence electrons. The Labute approximate surface area is 89.2 Å². The maximum atomic E-state index is 10.4. The summed E-state index contributed by atoms with van der Waals surface area (Å²) in [7, 11) is 0. The van der Waals surface area contributed by atoms with Crippen molar-refractivity contribution in [2.45, 2.75) is 0 Å². The van der Waals surface area contributed by atoms with E-state index < -0.39 is 11.4 Å². The summed E-state index contributed by atoms with van der Waals surface area (Å²) < 4.78 is 25.5. The van der Waals surface area contributed by atoms with E-state index in [0.717, 1.165) is 5.39 Å². The van der Waals surface area contributed by atoms with Crippen LogP contribution in [0.15, 0.2) is 36.4 Å². The third kappa shape index (κ3) is 2.08. The SMILES string of the molecule is Nc1ccc2cccc(OS(=O)[O-])c2c1. The van der Waals surface area contributed by atoms with Gasteiger partial charge in [-0.05, 0) is 23.6 Å². The van der Waals surface area contributed by atoms with Crippen molar-refractivity contribution >= 4 is 27.8 Å². The third-order valence-corrected chi connectivity index (χ3v) is 2.34. The summed E-state index contributed by atoms with van der Waals surface area (Å²) in [5.41, 5.74) is 6.18. The lowest BCUT2D eigenvalue weighted by Gasteiger charge is -2.10. The molecule has 0 aromatic heterocycles. The van der Waals surface area contributed by atoms with E-state index in [1.54, 1.807) is 24.3 Å². The number of fused-ring (bicyclic) bond motifs is 1. The molecule has 0 fully saturated rings. The number of nitrogens with two attached hydrogens (primary N) is 1. The van der Waals surface area contributed by atoms with Crippen LogP contribution in [0.2, 0.25) is 0 Å². The molecule has 0 bridgehead atoms. The standard InChI is InChI=1S/C10H9NO3S/c11-8-5-4-7-2-1-3-10(9(7)6-8)14-15(12)13/h1-6H,11H2,(H,12,13)/p-1. The molecule has 1 atom stereocenters. The predicted octanol–water partition coefficient (Wildman–Crippen LogP) is 1.59. The van der Waals surface area contributed by atoms with Gasteiger partial charge in [-0.15, -0.1) is 0 Å². The number of benzene rings is 2. The second kappa shape index (κ2) is 3.88. The van der Waals surface area contributed by atoms with E-state index in [9.17, 15) is 8.76 Å². The largest absolute Gasteiger partial charge is 0.740 e. The Kier molecular flexibility index (Phi) is 2.57. The van der Waals surface area contributed by atoms with E-state index >= 15 is 0 Å². The molecule has 0 radical (unpaired) electrons. The van der Waals surface area contributed by atoms with Gasteiger partial charge in [0.05, 0.1) is 0 Å². The summed E-state index contributed by atoms with van der Waals surface area (Å²) in [4.78, 5) is 0. The molecular formula is C10H8NO3S-. The lowest BCUT2D eigenvalue weighted by molar-refractivity contribution is 0.442. The van der Waals surface area contributed by atoms with Crippen molar-refractivity contribution in [2.75, 3.05) is 5.73 Å². The van der Waals surface area contributed by atoms with Gasteiger partial charge >= 0.3 is 0 Å². The summed E-state index contributed by atoms with van der Waals surface area (Å²) in [6, 6.07) is 10.4. The zero-order valence-electron chi connectivity index (χ0n) is 7.67. The lowest BCUT2D eigenvalue weighted by atomic mass is 10.1. The molecule has 0 heterocycles. The van der Waals surface area contributed by atoms with Gasteiger partial charge in [0.25, 0.3) is 0 Å². The summed E-state index contributed by atoms with van der Waals surface area (Å²) in [5.74, 6) is 0.285. The quantitative estimate of drug-likeness (QED) is 0.618. The fourth-order valence-corrected chi connectivity index (χ4v) is 1.70. The van der Waals surface area contributed by atoms with Crippen LogP contribution in [-0.2, 0) is 11.4 Å². The molecule has 15 heavy (non-hydrogen) atoms. The van der Waals surface area contributed by atoms with Gasteiger partial charge in [-0.25, -0.2) is 4.21 Å². The minimum atomic E-state index is -2.57. The Hall–Kier alpha value is -1.59. The smallest absolute Gasteiger partial charge is 0.147 e. The zero-order valence-corrected chi connectivity index (χ0v) is 8.49. The average Bonchev–Trinajstić information content (AvgIpc) is 2.18. The fourth-order valence-electron chi connectivity index (χ4n) is 1.41. The zero-order chi connectivity index (χ0) is 10.8. The van der Waals surface area contributed by atoms with E-state index in [1.807, 2.05) is 12.1 Å². The molecule has 2 aromatic rings. The van der Waals surface area contributed by atoms with Crippen molar-refractivity contribution in [3.05, 3.63) is 36.4 Å². The highest BCUT2D eigenvalue weighted by Gasteiger charge is 2.02. The van der Waals surface area contributed by atoms with Crippen molar-refractivity contribution in [1.82, 2.24) is 0 Å². The summed E-state index contributed by atoms with van der Waals surface area (Å²) in [6.07, 6.45) is 0. The highest BCUT2D eigenvalue weighted by atomic mass is 32.2. The van der Waals surface area contributed by atoms with Crippen molar-refractivity contribution in [1.29, 1.82) is 0 Å². The molecule has 2 aromatic carbocycles. The van der Waals surface area contributed by atoms with Crippen LogP contribution in [0.4, 0.5) is 5.69 Å². The lowest BCUT2D eigenvalue weighted by Crippen LogP contribution is -1.98. The van der Waals surface area contributed by atoms with Crippen molar-refractivity contribution in [3.8, 4) is 5.75 Å². The molecule has 0 amide bonds. The monoisotopic (exact) mass is 222 g/mol. The van der Waals surface area contributed by atoms with Crippen LogP contribution in [0.1, 0.15) is 0 Å². The Morgan fingerprint density at radius 3 is 2.80 bits per heavy atom. The molecule has 0 saturated heterocycles. The molecule has 0 aliphatic carbocycles. The first-order valence-corrected chi connectivity index (χ1v) is 5.22. The van der Waals surface area contributed by atoms with Crippen LogP contribution in [0.5, 0.6) is 5.75 Å². The molecule has 1 unspecified atom stereocenters. The fraction of sp³-hybridized carbons (Fsp3) is 0. The van der Waals surface area contributed by atoms with Crippen LogP contribution in [0.3, 0.4) is 0 Å². The summed E-state index contributed by atoms with van der Waals surface area (Å²) >= 11 is -2.57. The van der Waals surface area contributed by atoms with Gasteiger partial charge in [0.15, 0.2) is 0 Å². The number of hydrogen-bond acceptors (Lipinski definition) is 4. The van der Waals surface area contributed by atoms with Crippen LogP contribution < -0.4 is 9.92 Å². The van der Waals surface area contributed by atoms with E-state index in [1.165, 1.54) is 0 Å². The second-order valence-corrected chi connectivity index (χ2v) is 3.60. The molecule has 0 aliphatic rings. The minimum Gasteiger partial charge on any atom is -0.740 e. The van der Waals surface area contributed by atoms with Gasteiger partial charge in [0.1, 0.15) is 17.1 Å². The van der Waals surface area contributed by atoms with E-state index in [2.05, 4.69) is 4.18 Å². The van der Waals surface area contributed by atoms with Gasteiger partial charge in [0.2, 0.25) is 0 Å².